The standard InChI is InChI=1S/C16H25O2/c1-3-5-8-15-9-6-10-16(14-15)18-13-7-12-17-11-4-2/h6,9-10,14H,1,3-5,7-8,11-13H2,2H3. The lowest BCUT2D eigenvalue weighted by Gasteiger charge is -2.08. The van der Waals surface area contributed by atoms with E-state index in [-0.39, 0.29) is 0 Å². The minimum Gasteiger partial charge on any atom is -0.493 e. The fourth-order valence-corrected chi connectivity index (χ4v) is 1.72. The van der Waals surface area contributed by atoms with Crippen molar-refractivity contribution < 1.29 is 9.47 Å². The third kappa shape index (κ3) is 6.65. The van der Waals surface area contributed by atoms with Crippen LogP contribution in [0.5, 0.6) is 5.75 Å². The first kappa shape index (κ1) is 15.0. The summed E-state index contributed by atoms with van der Waals surface area (Å²) in [5.41, 5.74) is 1.33. The Bertz CT molecular complexity index is 310. The first-order valence-corrected chi connectivity index (χ1v) is 6.95. The maximum atomic E-state index is 5.71. The van der Waals surface area contributed by atoms with Crippen molar-refractivity contribution in [1.82, 2.24) is 0 Å². The lowest BCUT2D eigenvalue weighted by molar-refractivity contribution is 0.120. The lowest BCUT2D eigenvalue weighted by atomic mass is 10.1. The highest BCUT2D eigenvalue weighted by Crippen LogP contribution is 2.15. The highest BCUT2D eigenvalue weighted by Gasteiger charge is 1.97. The van der Waals surface area contributed by atoms with Crippen molar-refractivity contribution in [3.63, 3.8) is 0 Å². The molecule has 0 aliphatic carbocycles. The smallest absolute Gasteiger partial charge is 0.119 e. The van der Waals surface area contributed by atoms with E-state index in [4.69, 9.17) is 9.47 Å². The number of benzene rings is 1. The molecule has 1 rings (SSSR count). The molecule has 0 unspecified atom stereocenters. The van der Waals surface area contributed by atoms with Crippen LogP contribution in [0.4, 0.5) is 0 Å². The summed E-state index contributed by atoms with van der Waals surface area (Å²) in [5, 5.41) is 0. The summed E-state index contributed by atoms with van der Waals surface area (Å²) >= 11 is 0. The van der Waals surface area contributed by atoms with Crippen molar-refractivity contribution in [3.05, 3.63) is 36.8 Å². The fraction of sp³-hybridized carbons (Fsp3) is 0.562. The van der Waals surface area contributed by atoms with Crippen LogP contribution < -0.4 is 4.74 Å². The van der Waals surface area contributed by atoms with Gasteiger partial charge in [0.15, 0.2) is 0 Å². The van der Waals surface area contributed by atoms with Gasteiger partial charge in [0.25, 0.3) is 0 Å². The quantitative estimate of drug-likeness (QED) is 0.583. The molecule has 0 heterocycles. The number of hydrogen-bond donors (Lipinski definition) is 0. The molecule has 0 N–H and O–H groups in total. The molecule has 18 heavy (non-hydrogen) atoms. The van der Waals surface area contributed by atoms with Crippen LogP contribution in [-0.2, 0) is 11.2 Å². The zero-order valence-electron chi connectivity index (χ0n) is 11.5. The zero-order valence-corrected chi connectivity index (χ0v) is 11.5. The Morgan fingerprint density at radius 3 is 2.78 bits per heavy atom. The van der Waals surface area contributed by atoms with E-state index >= 15 is 0 Å². The summed E-state index contributed by atoms with van der Waals surface area (Å²) in [6, 6.07) is 8.34. The van der Waals surface area contributed by atoms with Crippen LogP contribution in [0.15, 0.2) is 24.3 Å². The summed E-state index contributed by atoms with van der Waals surface area (Å²) in [6.07, 6.45) is 5.23. The molecule has 1 aromatic carbocycles. The maximum absolute atomic E-state index is 5.71. The average Bonchev–Trinajstić information content (AvgIpc) is 2.41. The van der Waals surface area contributed by atoms with Crippen molar-refractivity contribution in [2.24, 2.45) is 0 Å². The zero-order chi connectivity index (χ0) is 13.1. The highest BCUT2D eigenvalue weighted by atomic mass is 16.5. The number of ether oxygens (including phenoxy) is 2. The summed E-state index contributed by atoms with van der Waals surface area (Å²) in [6.45, 7) is 8.34. The summed E-state index contributed by atoms with van der Waals surface area (Å²) < 4.78 is 11.1. The lowest BCUT2D eigenvalue weighted by Crippen LogP contribution is -2.03. The van der Waals surface area contributed by atoms with E-state index in [0.717, 1.165) is 57.7 Å². The second-order valence-corrected chi connectivity index (χ2v) is 4.42. The molecule has 1 aromatic rings. The van der Waals surface area contributed by atoms with Gasteiger partial charge in [0.1, 0.15) is 5.75 Å². The van der Waals surface area contributed by atoms with Crippen LogP contribution in [0.2, 0.25) is 0 Å². The van der Waals surface area contributed by atoms with Crippen molar-refractivity contribution in [2.75, 3.05) is 19.8 Å². The minimum absolute atomic E-state index is 0.725. The van der Waals surface area contributed by atoms with Crippen LogP contribution in [0.25, 0.3) is 0 Å². The molecule has 0 atom stereocenters. The number of rotatable bonds is 10. The molecule has 101 valence electrons. The maximum Gasteiger partial charge on any atom is 0.119 e. The van der Waals surface area contributed by atoms with Crippen LogP contribution in [0.1, 0.15) is 38.2 Å². The topological polar surface area (TPSA) is 18.5 Å². The van der Waals surface area contributed by atoms with Gasteiger partial charge in [0, 0.05) is 19.6 Å². The van der Waals surface area contributed by atoms with Gasteiger partial charge < -0.3 is 9.47 Å². The highest BCUT2D eigenvalue weighted by molar-refractivity contribution is 5.28. The fourth-order valence-electron chi connectivity index (χ4n) is 1.72. The number of aryl methyl sites for hydroxylation is 1. The Morgan fingerprint density at radius 1 is 1.11 bits per heavy atom. The van der Waals surface area contributed by atoms with E-state index in [2.05, 4.69) is 32.0 Å². The molecule has 0 spiro atoms. The predicted molar refractivity (Wildman–Crippen MR) is 76.0 cm³/mol. The largest absolute Gasteiger partial charge is 0.493 e. The molecule has 2 heteroatoms. The van der Waals surface area contributed by atoms with Gasteiger partial charge in [-0.05, 0) is 37.0 Å². The molecule has 0 bridgehead atoms. The van der Waals surface area contributed by atoms with E-state index in [1.165, 1.54) is 5.56 Å². The van der Waals surface area contributed by atoms with Gasteiger partial charge >= 0.3 is 0 Å². The summed E-state index contributed by atoms with van der Waals surface area (Å²) in [4.78, 5) is 0. The molecule has 0 amide bonds. The van der Waals surface area contributed by atoms with Crippen LogP contribution in [0.3, 0.4) is 0 Å². The predicted octanol–water partition coefficient (Wildman–Crippen LogP) is 4.04. The van der Waals surface area contributed by atoms with Gasteiger partial charge in [-0.1, -0.05) is 32.4 Å². The molecule has 0 saturated heterocycles. The van der Waals surface area contributed by atoms with Crippen LogP contribution in [-0.4, -0.2) is 19.8 Å². The van der Waals surface area contributed by atoms with Crippen molar-refractivity contribution >= 4 is 0 Å². The molecule has 0 aliphatic rings. The second kappa shape index (κ2) is 9.95. The van der Waals surface area contributed by atoms with Gasteiger partial charge in [-0.2, -0.15) is 0 Å². The monoisotopic (exact) mass is 249 g/mol. The third-order valence-electron chi connectivity index (χ3n) is 2.66. The summed E-state index contributed by atoms with van der Waals surface area (Å²) in [7, 11) is 0. The van der Waals surface area contributed by atoms with Gasteiger partial charge in [0.05, 0.1) is 6.61 Å². The average molecular weight is 249 g/mol. The first-order valence-electron chi connectivity index (χ1n) is 6.95. The van der Waals surface area contributed by atoms with E-state index < -0.39 is 0 Å². The van der Waals surface area contributed by atoms with E-state index in [0.29, 0.717) is 0 Å². The van der Waals surface area contributed by atoms with Gasteiger partial charge in [-0.25, -0.2) is 0 Å². The summed E-state index contributed by atoms with van der Waals surface area (Å²) in [5.74, 6) is 0.965. The third-order valence-corrected chi connectivity index (χ3v) is 2.66. The van der Waals surface area contributed by atoms with Crippen molar-refractivity contribution in [1.29, 1.82) is 0 Å². The molecule has 2 nitrogen and oxygen atoms in total. The van der Waals surface area contributed by atoms with Crippen molar-refractivity contribution in [3.8, 4) is 5.75 Å². The Balaban J connectivity index is 2.20. The molecule has 0 fully saturated rings. The first-order chi connectivity index (χ1) is 8.86. The van der Waals surface area contributed by atoms with Crippen molar-refractivity contribution in [2.45, 2.75) is 39.0 Å². The minimum atomic E-state index is 0.725. The van der Waals surface area contributed by atoms with Gasteiger partial charge in [-0.3, -0.25) is 0 Å². The molecule has 0 saturated carbocycles. The van der Waals surface area contributed by atoms with E-state index in [1.807, 2.05) is 6.07 Å². The van der Waals surface area contributed by atoms with E-state index in [9.17, 15) is 0 Å². The molecule has 1 radical (unpaired) electrons. The Labute approximate surface area is 111 Å². The second-order valence-electron chi connectivity index (χ2n) is 4.42. The van der Waals surface area contributed by atoms with Crippen LogP contribution >= 0.6 is 0 Å². The molecular weight excluding hydrogens is 224 g/mol. The van der Waals surface area contributed by atoms with E-state index in [1.54, 1.807) is 0 Å². The molecule has 0 aromatic heterocycles. The van der Waals surface area contributed by atoms with Crippen LogP contribution in [0, 0.1) is 6.92 Å². The SMILES string of the molecule is [CH2]CCCc1cccc(OCCCOCCC)c1. The molecular formula is C16H25O2. The Hall–Kier alpha value is -1.02. The van der Waals surface area contributed by atoms with Gasteiger partial charge in [0.2, 0.25) is 0 Å². The Morgan fingerprint density at radius 2 is 2.00 bits per heavy atom. The number of unbranched alkanes of at least 4 members (excludes halogenated alkanes) is 1. The molecule has 0 aliphatic heterocycles. The normalized spacial score (nSPS) is 10.6. The number of hydrogen-bond acceptors (Lipinski definition) is 2. The Kier molecular flexibility index (Phi) is 8.32. The van der Waals surface area contributed by atoms with Gasteiger partial charge in [-0.15, -0.1) is 0 Å².